The number of hydrogen-bond donors (Lipinski definition) is 1. The summed E-state index contributed by atoms with van der Waals surface area (Å²) in [5, 5.41) is 2.62. The van der Waals surface area contributed by atoms with Crippen LogP contribution in [0.3, 0.4) is 0 Å². The third kappa shape index (κ3) is 3.23. The minimum absolute atomic E-state index is 0.0630. The van der Waals surface area contributed by atoms with Gasteiger partial charge >= 0.3 is 0 Å². The first-order chi connectivity index (χ1) is 10.4. The number of carbonyl (C=O) groups is 2. The summed E-state index contributed by atoms with van der Waals surface area (Å²) in [6.07, 6.45) is 3.13. The summed E-state index contributed by atoms with van der Waals surface area (Å²) in [7, 11) is 3.89. The molecule has 0 unspecified atom stereocenters. The molecule has 0 spiro atoms. The molecular formula is C16H17N3O2S. The maximum atomic E-state index is 12.4. The topological polar surface area (TPSA) is 52.7 Å². The van der Waals surface area contributed by atoms with Crippen molar-refractivity contribution in [1.82, 2.24) is 10.2 Å². The first kappa shape index (κ1) is 15.9. The van der Waals surface area contributed by atoms with Gasteiger partial charge in [-0.2, -0.15) is 0 Å². The third-order valence-electron chi connectivity index (χ3n) is 3.22. The van der Waals surface area contributed by atoms with Crippen LogP contribution in [-0.4, -0.2) is 42.5 Å². The maximum absolute atomic E-state index is 12.4. The van der Waals surface area contributed by atoms with Gasteiger partial charge in [-0.1, -0.05) is 18.2 Å². The Morgan fingerprint density at radius 2 is 1.91 bits per heavy atom. The smallest absolute Gasteiger partial charge is 0.265 e. The maximum Gasteiger partial charge on any atom is 0.265 e. The summed E-state index contributed by atoms with van der Waals surface area (Å²) >= 11 is 5.00. The zero-order chi connectivity index (χ0) is 16.3. The molecule has 0 atom stereocenters. The minimum atomic E-state index is -0.480. The van der Waals surface area contributed by atoms with Gasteiger partial charge in [0.15, 0.2) is 5.11 Å². The number of hydrogen-bond acceptors (Lipinski definition) is 4. The van der Waals surface area contributed by atoms with E-state index in [1.807, 2.05) is 43.3 Å². The fourth-order valence-electron chi connectivity index (χ4n) is 2.02. The molecule has 0 saturated carbocycles. The number of benzene rings is 1. The van der Waals surface area contributed by atoms with Crippen molar-refractivity contribution in [3.63, 3.8) is 0 Å². The van der Waals surface area contributed by atoms with Crippen molar-refractivity contribution in [2.24, 2.45) is 0 Å². The lowest BCUT2D eigenvalue weighted by Crippen LogP contribution is -2.53. The molecule has 1 aromatic rings. The van der Waals surface area contributed by atoms with E-state index in [1.165, 1.54) is 4.90 Å². The van der Waals surface area contributed by atoms with Gasteiger partial charge in [0.05, 0.1) is 0 Å². The average Bonchev–Trinajstić information content (AvgIpc) is 2.48. The Bertz CT molecular complexity index is 662. The van der Waals surface area contributed by atoms with E-state index in [0.29, 0.717) is 0 Å². The zero-order valence-corrected chi connectivity index (χ0v) is 13.3. The summed E-state index contributed by atoms with van der Waals surface area (Å²) in [5.74, 6) is -0.891. The third-order valence-corrected chi connectivity index (χ3v) is 3.54. The molecule has 1 N–H and O–H groups in total. The van der Waals surface area contributed by atoms with Crippen molar-refractivity contribution in [3.05, 3.63) is 48.1 Å². The van der Waals surface area contributed by atoms with E-state index in [9.17, 15) is 9.59 Å². The molecule has 1 aliphatic heterocycles. The van der Waals surface area contributed by atoms with E-state index in [2.05, 4.69) is 11.9 Å². The second-order valence-electron chi connectivity index (χ2n) is 5.01. The second-order valence-corrected chi connectivity index (χ2v) is 5.39. The fourth-order valence-corrected chi connectivity index (χ4v) is 2.27. The highest BCUT2D eigenvalue weighted by Crippen LogP contribution is 2.17. The first-order valence-corrected chi connectivity index (χ1v) is 7.12. The molecule has 0 bridgehead atoms. The van der Waals surface area contributed by atoms with Crippen LogP contribution in [-0.2, 0) is 9.59 Å². The number of nitrogens with zero attached hydrogens (tertiary/aromatic N) is 2. The Morgan fingerprint density at radius 1 is 1.27 bits per heavy atom. The number of amides is 2. The summed E-state index contributed by atoms with van der Waals surface area (Å²) < 4.78 is 0. The van der Waals surface area contributed by atoms with Crippen molar-refractivity contribution >= 4 is 40.9 Å². The van der Waals surface area contributed by atoms with E-state index in [0.717, 1.165) is 11.3 Å². The molecule has 2 rings (SSSR count). The molecule has 5 nitrogen and oxygen atoms in total. The number of carbonyl (C=O) groups excluding carboxylic acids is 2. The van der Waals surface area contributed by atoms with Crippen molar-refractivity contribution in [2.45, 2.75) is 0 Å². The van der Waals surface area contributed by atoms with Crippen LogP contribution in [0.2, 0.25) is 0 Å². The van der Waals surface area contributed by atoms with Gasteiger partial charge < -0.3 is 4.90 Å². The molecule has 22 heavy (non-hydrogen) atoms. The molecule has 1 saturated heterocycles. The molecule has 114 valence electrons. The molecule has 1 aliphatic rings. The standard InChI is InChI=1S/C16H17N3O2S/c1-4-9-19-15(21)13(14(20)17-16(19)22)10-11-5-7-12(8-6-11)18(2)3/h4-8,10H,1,9H2,2-3H3,(H,17,20,22)/b13-10-. The number of rotatable bonds is 4. The van der Waals surface area contributed by atoms with Gasteiger partial charge in [-0.3, -0.25) is 19.8 Å². The highest BCUT2D eigenvalue weighted by molar-refractivity contribution is 7.80. The van der Waals surface area contributed by atoms with Crippen molar-refractivity contribution in [3.8, 4) is 0 Å². The molecule has 6 heteroatoms. The van der Waals surface area contributed by atoms with Crippen molar-refractivity contribution in [1.29, 1.82) is 0 Å². The predicted octanol–water partition coefficient (Wildman–Crippen LogP) is 1.57. The van der Waals surface area contributed by atoms with Crippen LogP contribution >= 0.6 is 12.2 Å². The number of nitrogens with one attached hydrogen (secondary N) is 1. The summed E-state index contributed by atoms with van der Waals surface area (Å²) in [6, 6.07) is 7.55. The lowest BCUT2D eigenvalue weighted by atomic mass is 10.1. The van der Waals surface area contributed by atoms with Crippen LogP contribution < -0.4 is 10.2 Å². The Morgan fingerprint density at radius 3 is 2.45 bits per heavy atom. The highest BCUT2D eigenvalue weighted by Gasteiger charge is 2.32. The average molecular weight is 315 g/mol. The van der Waals surface area contributed by atoms with Crippen LogP contribution in [0, 0.1) is 0 Å². The van der Waals surface area contributed by atoms with E-state index in [-0.39, 0.29) is 17.2 Å². The molecular weight excluding hydrogens is 298 g/mol. The minimum Gasteiger partial charge on any atom is -0.378 e. The lowest BCUT2D eigenvalue weighted by Gasteiger charge is -2.27. The molecule has 0 aliphatic carbocycles. The summed E-state index contributed by atoms with van der Waals surface area (Å²) in [4.78, 5) is 27.6. The van der Waals surface area contributed by atoms with E-state index >= 15 is 0 Å². The van der Waals surface area contributed by atoms with E-state index in [4.69, 9.17) is 12.2 Å². The molecule has 1 heterocycles. The number of anilines is 1. The fraction of sp³-hybridized carbons (Fsp3) is 0.188. The van der Waals surface area contributed by atoms with Crippen LogP contribution in [0.1, 0.15) is 5.56 Å². The van der Waals surface area contributed by atoms with Crippen LogP contribution in [0.25, 0.3) is 6.08 Å². The van der Waals surface area contributed by atoms with Crippen molar-refractivity contribution in [2.75, 3.05) is 25.5 Å². The van der Waals surface area contributed by atoms with Crippen molar-refractivity contribution < 1.29 is 9.59 Å². The lowest BCUT2D eigenvalue weighted by molar-refractivity contribution is -0.128. The van der Waals surface area contributed by atoms with Gasteiger partial charge in [-0.25, -0.2) is 0 Å². The van der Waals surface area contributed by atoms with Gasteiger partial charge in [0, 0.05) is 26.3 Å². The molecule has 0 aromatic heterocycles. The predicted molar refractivity (Wildman–Crippen MR) is 91.4 cm³/mol. The Kier molecular flexibility index (Phi) is 4.72. The monoisotopic (exact) mass is 315 g/mol. The summed E-state index contributed by atoms with van der Waals surface area (Å²) in [6.45, 7) is 3.85. The summed E-state index contributed by atoms with van der Waals surface area (Å²) in [5.41, 5.74) is 1.87. The van der Waals surface area contributed by atoms with Gasteiger partial charge in [0.25, 0.3) is 11.8 Å². The van der Waals surface area contributed by atoms with Crippen LogP contribution in [0.5, 0.6) is 0 Å². The van der Waals surface area contributed by atoms with Gasteiger partial charge in [-0.05, 0) is 36.0 Å². The largest absolute Gasteiger partial charge is 0.378 e. The molecule has 2 amide bonds. The number of thiocarbonyl (C=S) groups is 1. The SMILES string of the molecule is C=CCN1C(=O)/C(=C\c2ccc(N(C)C)cc2)C(=O)NC1=S. The quantitative estimate of drug-likeness (QED) is 0.397. The second kappa shape index (κ2) is 6.53. The van der Waals surface area contributed by atoms with Crippen LogP contribution in [0.4, 0.5) is 5.69 Å². The van der Waals surface area contributed by atoms with E-state index < -0.39 is 11.8 Å². The van der Waals surface area contributed by atoms with Crippen LogP contribution in [0.15, 0.2) is 42.5 Å². The molecule has 1 aromatic carbocycles. The Hall–Kier alpha value is -2.47. The van der Waals surface area contributed by atoms with Gasteiger partial charge in [0.2, 0.25) is 0 Å². The Balaban J connectivity index is 2.32. The van der Waals surface area contributed by atoms with Gasteiger partial charge in [0.1, 0.15) is 5.57 Å². The first-order valence-electron chi connectivity index (χ1n) is 6.71. The zero-order valence-electron chi connectivity index (χ0n) is 12.5. The Labute approximate surface area is 134 Å². The molecule has 1 fully saturated rings. The highest BCUT2D eigenvalue weighted by atomic mass is 32.1. The van der Waals surface area contributed by atoms with Gasteiger partial charge in [-0.15, -0.1) is 6.58 Å². The van der Waals surface area contributed by atoms with E-state index in [1.54, 1.807) is 12.2 Å². The molecule has 0 radical (unpaired) electrons. The normalized spacial score (nSPS) is 16.7.